The van der Waals surface area contributed by atoms with E-state index < -0.39 is 6.09 Å². The van der Waals surface area contributed by atoms with Gasteiger partial charge in [0, 0.05) is 24.6 Å². The number of hydrogen-bond acceptors (Lipinski definition) is 5. The highest BCUT2D eigenvalue weighted by Crippen LogP contribution is 2.29. The predicted octanol–water partition coefficient (Wildman–Crippen LogP) is 2.25. The predicted molar refractivity (Wildman–Crippen MR) is 95.2 cm³/mol. The number of nitrogens with zero attached hydrogens (tertiary/aromatic N) is 2. The van der Waals surface area contributed by atoms with E-state index in [1.807, 2.05) is 16.7 Å². The zero-order chi connectivity index (χ0) is 16.2. The molecule has 0 radical (unpaired) electrons. The number of anilines is 2. The fraction of sp³-hybridized carbons (Fsp3) is 0.467. The number of ether oxygens (including phenoxy) is 1. The molecule has 3 rings (SSSR count). The monoisotopic (exact) mass is 355 g/mol. The lowest BCUT2D eigenvalue weighted by Gasteiger charge is -2.29. The summed E-state index contributed by atoms with van der Waals surface area (Å²) >= 11 is 6.57. The van der Waals surface area contributed by atoms with E-state index >= 15 is 0 Å². The standard InChI is InChI=1S/C15H18FN3O2S2/c16-13-7-11(1-2-14(13)18-3-5-23-6-4-18)19-9-12(8-17-10-22)21-15(19)20/h1-2,7,10,12H,3-6,8-9H2,(H,17,22)/t12-/m0/s1. The quantitative estimate of drug-likeness (QED) is 0.818. The summed E-state index contributed by atoms with van der Waals surface area (Å²) in [4.78, 5) is 15.4. The summed E-state index contributed by atoms with van der Waals surface area (Å²) < 4.78 is 19.7. The van der Waals surface area contributed by atoms with Gasteiger partial charge in [0.1, 0.15) is 11.9 Å². The molecule has 0 aromatic heterocycles. The van der Waals surface area contributed by atoms with E-state index in [0.29, 0.717) is 24.5 Å². The summed E-state index contributed by atoms with van der Waals surface area (Å²) in [6.45, 7) is 2.53. The van der Waals surface area contributed by atoms with Crippen molar-refractivity contribution in [2.24, 2.45) is 0 Å². The van der Waals surface area contributed by atoms with E-state index in [1.165, 1.54) is 16.5 Å². The maximum atomic E-state index is 14.5. The Morgan fingerprint density at radius 1 is 1.43 bits per heavy atom. The molecule has 1 atom stereocenters. The van der Waals surface area contributed by atoms with Crippen molar-refractivity contribution in [3.8, 4) is 0 Å². The molecule has 23 heavy (non-hydrogen) atoms. The van der Waals surface area contributed by atoms with Crippen molar-refractivity contribution in [1.82, 2.24) is 5.32 Å². The van der Waals surface area contributed by atoms with E-state index in [1.54, 1.807) is 12.1 Å². The molecule has 1 amide bonds. The smallest absolute Gasteiger partial charge is 0.414 e. The maximum absolute atomic E-state index is 14.5. The van der Waals surface area contributed by atoms with Gasteiger partial charge in [-0.2, -0.15) is 11.8 Å². The molecule has 124 valence electrons. The van der Waals surface area contributed by atoms with Crippen LogP contribution >= 0.6 is 24.0 Å². The molecule has 2 fully saturated rings. The Kier molecular flexibility index (Phi) is 5.22. The Morgan fingerprint density at radius 3 is 2.91 bits per heavy atom. The number of halogens is 1. The molecule has 5 nitrogen and oxygen atoms in total. The molecule has 8 heteroatoms. The van der Waals surface area contributed by atoms with Crippen LogP contribution in [0.1, 0.15) is 0 Å². The van der Waals surface area contributed by atoms with E-state index in [-0.39, 0.29) is 11.9 Å². The van der Waals surface area contributed by atoms with Crippen molar-refractivity contribution < 1.29 is 13.9 Å². The average molecular weight is 355 g/mol. The number of rotatable bonds is 5. The van der Waals surface area contributed by atoms with Crippen molar-refractivity contribution in [1.29, 1.82) is 0 Å². The lowest BCUT2D eigenvalue weighted by Crippen LogP contribution is -2.33. The second kappa shape index (κ2) is 7.35. The van der Waals surface area contributed by atoms with Crippen molar-refractivity contribution in [3.63, 3.8) is 0 Å². The summed E-state index contributed by atoms with van der Waals surface area (Å²) in [6, 6.07) is 4.93. The van der Waals surface area contributed by atoms with Gasteiger partial charge in [0.15, 0.2) is 0 Å². The lowest BCUT2D eigenvalue weighted by molar-refractivity contribution is 0.143. The average Bonchev–Trinajstić information content (AvgIpc) is 2.94. The molecule has 1 aromatic carbocycles. The van der Waals surface area contributed by atoms with Crippen molar-refractivity contribution in [3.05, 3.63) is 24.0 Å². The van der Waals surface area contributed by atoms with Gasteiger partial charge >= 0.3 is 6.09 Å². The Hall–Kier alpha value is -1.54. The van der Waals surface area contributed by atoms with Crippen LogP contribution < -0.4 is 15.1 Å². The highest BCUT2D eigenvalue weighted by atomic mass is 32.2. The Bertz CT molecular complexity index is 596. The molecule has 2 aliphatic rings. The second-order valence-electron chi connectivity index (χ2n) is 5.38. The molecule has 1 N–H and O–H groups in total. The lowest BCUT2D eigenvalue weighted by atomic mass is 10.2. The number of cyclic esters (lactones) is 1. The molecule has 0 aliphatic carbocycles. The molecular formula is C15H18FN3O2S2. The summed E-state index contributed by atoms with van der Waals surface area (Å²) in [5.41, 5.74) is 2.51. The highest BCUT2D eigenvalue weighted by molar-refractivity contribution is 7.99. The first-order valence-corrected chi connectivity index (χ1v) is 9.09. The first-order chi connectivity index (χ1) is 11.2. The molecule has 0 spiro atoms. The first-order valence-electron chi connectivity index (χ1n) is 7.46. The number of hydrogen-bond donors (Lipinski definition) is 1. The number of carbonyl (C=O) groups is 1. The summed E-state index contributed by atoms with van der Waals surface area (Å²) in [7, 11) is 0. The molecule has 0 bridgehead atoms. The number of benzene rings is 1. The minimum Gasteiger partial charge on any atom is -0.442 e. The SMILES string of the molecule is O=C1O[C@@H](CNC=S)CN1c1ccc(N2CCSCC2)c(F)c1. The minimum absolute atomic E-state index is 0.288. The molecular weight excluding hydrogens is 337 g/mol. The third kappa shape index (κ3) is 3.69. The second-order valence-corrected chi connectivity index (χ2v) is 6.84. The largest absolute Gasteiger partial charge is 0.442 e. The fourth-order valence-electron chi connectivity index (χ4n) is 2.74. The Morgan fingerprint density at radius 2 is 2.22 bits per heavy atom. The molecule has 0 saturated carbocycles. The summed E-state index contributed by atoms with van der Waals surface area (Å²) in [5.74, 6) is 1.71. The van der Waals surface area contributed by atoms with Crippen molar-refractivity contribution in [2.75, 3.05) is 47.5 Å². The number of amides is 1. The van der Waals surface area contributed by atoms with Gasteiger partial charge in [0.2, 0.25) is 0 Å². The zero-order valence-corrected chi connectivity index (χ0v) is 14.2. The van der Waals surface area contributed by atoms with Crippen LogP contribution in [0.4, 0.5) is 20.6 Å². The van der Waals surface area contributed by atoms with E-state index in [4.69, 9.17) is 4.74 Å². The Labute approximate surface area is 144 Å². The maximum Gasteiger partial charge on any atom is 0.414 e. The normalized spacial score (nSPS) is 21.3. The number of carbonyl (C=O) groups excluding carboxylic acids is 1. The third-order valence-corrected chi connectivity index (χ3v) is 5.01. The molecule has 1 aromatic rings. The zero-order valence-electron chi connectivity index (χ0n) is 12.5. The van der Waals surface area contributed by atoms with Gasteiger partial charge in [-0.15, -0.1) is 0 Å². The van der Waals surface area contributed by atoms with Crippen molar-refractivity contribution in [2.45, 2.75) is 6.10 Å². The van der Waals surface area contributed by atoms with Gasteiger partial charge in [0.05, 0.1) is 30.0 Å². The van der Waals surface area contributed by atoms with Gasteiger partial charge in [-0.3, -0.25) is 4.90 Å². The number of thioether (sulfide) groups is 1. The van der Waals surface area contributed by atoms with Gasteiger partial charge in [-0.1, -0.05) is 12.2 Å². The van der Waals surface area contributed by atoms with Crippen LogP contribution in [-0.2, 0) is 4.74 Å². The first kappa shape index (κ1) is 16.3. The highest BCUT2D eigenvalue weighted by Gasteiger charge is 2.32. The third-order valence-electron chi connectivity index (χ3n) is 3.90. The number of thiocarbonyl (C=S) groups is 1. The van der Waals surface area contributed by atoms with Gasteiger partial charge < -0.3 is 15.0 Å². The molecule has 2 aliphatic heterocycles. The van der Waals surface area contributed by atoms with Gasteiger partial charge in [-0.25, -0.2) is 9.18 Å². The summed E-state index contributed by atoms with van der Waals surface area (Å²) in [5, 5.41) is 2.85. The fourth-order valence-corrected chi connectivity index (χ4v) is 3.74. The summed E-state index contributed by atoms with van der Waals surface area (Å²) in [6.07, 6.45) is -0.744. The van der Waals surface area contributed by atoms with Crippen LogP contribution in [0.15, 0.2) is 18.2 Å². The molecule has 2 heterocycles. The van der Waals surface area contributed by atoms with Crippen LogP contribution in [0, 0.1) is 5.82 Å². The number of nitrogens with one attached hydrogen (secondary N) is 1. The van der Waals surface area contributed by atoms with E-state index in [0.717, 1.165) is 24.6 Å². The van der Waals surface area contributed by atoms with E-state index in [2.05, 4.69) is 17.5 Å². The minimum atomic E-state index is -0.456. The van der Waals surface area contributed by atoms with Crippen molar-refractivity contribution >= 4 is 46.9 Å². The molecule has 2 saturated heterocycles. The van der Waals surface area contributed by atoms with Crippen LogP contribution in [0.5, 0.6) is 0 Å². The van der Waals surface area contributed by atoms with E-state index in [9.17, 15) is 9.18 Å². The molecule has 0 unspecified atom stereocenters. The Balaban J connectivity index is 1.72. The van der Waals surface area contributed by atoms with Gasteiger partial charge in [-0.05, 0) is 18.2 Å². The topological polar surface area (TPSA) is 44.8 Å². The van der Waals surface area contributed by atoms with Crippen LogP contribution in [0.3, 0.4) is 0 Å². The van der Waals surface area contributed by atoms with Crippen LogP contribution in [0.25, 0.3) is 0 Å². The van der Waals surface area contributed by atoms with Crippen LogP contribution in [0.2, 0.25) is 0 Å². The van der Waals surface area contributed by atoms with Crippen LogP contribution in [-0.4, -0.2) is 55.4 Å². The van der Waals surface area contributed by atoms with Gasteiger partial charge in [0.25, 0.3) is 0 Å².